The summed E-state index contributed by atoms with van der Waals surface area (Å²) in [5.41, 5.74) is 2.97. The molecule has 160 valence electrons. The van der Waals surface area contributed by atoms with Crippen molar-refractivity contribution in [2.45, 2.75) is 25.9 Å². The Morgan fingerprint density at radius 1 is 0.806 bits per heavy atom. The summed E-state index contributed by atoms with van der Waals surface area (Å²) in [6, 6.07) is 21.7. The number of nitrogens with one attached hydrogen (secondary N) is 3. The smallest absolute Gasteiger partial charge is 0.253 e. The van der Waals surface area contributed by atoms with Gasteiger partial charge >= 0.3 is 0 Å². The van der Waals surface area contributed by atoms with Gasteiger partial charge in [0.1, 0.15) is 6.04 Å². The zero-order chi connectivity index (χ0) is 22.4. The molecule has 0 aliphatic rings. The van der Waals surface area contributed by atoms with E-state index < -0.39 is 11.9 Å². The number of anilines is 2. The first kappa shape index (κ1) is 22.7. The maximum Gasteiger partial charge on any atom is 0.253 e. The average Bonchev–Trinajstić information content (AvgIpc) is 2.77. The zero-order valence-corrected chi connectivity index (χ0v) is 18.7. The summed E-state index contributed by atoms with van der Waals surface area (Å²) < 4.78 is 0. The van der Waals surface area contributed by atoms with Crippen molar-refractivity contribution < 1.29 is 9.59 Å². The number of hydrogen-bond acceptors (Lipinski definition) is 3. The van der Waals surface area contributed by atoms with Crippen molar-refractivity contribution in [1.29, 1.82) is 0 Å². The van der Waals surface area contributed by atoms with Crippen LogP contribution in [0.1, 0.15) is 35.8 Å². The maximum atomic E-state index is 12.5. The van der Waals surface area contributed by atoms with Gasteiger partial charge in [-0.3, -0.25) is 9.59 Å². The van der Waals surface area contributed by atoms with E-state index in [0.717, 1.165) is 5.69 Å². The zero-order valence-electron chi connectivity index (χ0n) is 17.2. The Morgan fingerprint density at radius 2 is 1.45 bits per heavy atom. The summed E-state index contributed by atoms with van der Waals surface area (Å²) in [5.74, 6) is -0.811. The minimum atomic E-state index is -0.765. The third-order valence-corrected chi connectivity index (χ3v) is 5.59. The molecule has 0 aromatic heterocycles. The molecule has 3 N–H and O–H groups in total. The van der Waals surface area contributed by atoms with Crippen LogP contribution >= 0.6 is 23.2 Å². The van der Waals surface area contributed by atoms with Gasteiger partial charge in [-0.15, -0.1) is 0 Å². The molecule has 0 bridgehead atoms. The fraction of sp³-hybridized carbons (Fsp3) is 0.167. The number of rotatable bonds is 7. The first-order valence-electron chi connectivity index (χ1n) is 9.82. The summed E-state index contributed by atoms with van der Waals surface area (Å²) in [4.78, 5) is 24.9. The van der Waals surface area contributed by atoms with Crippen LogP contribution in [0.5, 0.6) is 0 Å². The van der Waals surface area contributed by atoms with E-state index in [9.17, 15) is 9.59 Å². The van der Waals surface area contributed by atoms with Gasteiger partial charge in [-0.05, 0) is 55.8 Å². The minimum Gasteiger partial charge on any atom is -0.379 e. The van der Waals surface area contributed by atoms with E-state index in [1.807, 2.05) is 30.3 Å². The quantitative estimate of drug-likeness (QED) is 0.413. The Morgan fingerprint density at radius 3 is 2.13 bits per heavy atom. The SMILES string of the molecule is CC(NC(=O)c1cccc(Cl)c1Cl)C(=O)Nc1ccc(NC(C)c2ccccc2)cc1. The van der Waals surface area contributed by atoms with Gasteiger partial charge in [-0.2, -0.15) is 0 Å². The molecule has 5 nitrogen and oxygen atoms in total. The van der Waals surface area contributed by atoms with Gasteiger partial charge in [0.25, 0.3) is 5.91 Å². The van der Waals surface area contributed by atoms with E-state index in [2.05, 4.69) is 35.0 Å². The lowest BCUT2D eigenvalue weighted by molar-refractivity contribution is -0.117. The van der Waals surface area contributed by atoms with Crippen molar-refractivity contribution in [1.82, 2.24) is 5.32 Å². The highest BCUT2D eigenvalue weighted by atomic mass is 35.5. The van der Waals surface area contributed by atoms with Crippen LogP contribution in [0.15, 0.2) is 72.8 Å². The van der Waals surface area contributed by atoms with Crippen molar-refractivity contribution in [3.05, 3.63) is 94.0 Å². The van der Waals surface area contributed by atoms with E-state index in [1.165, 1.54) is 5.56 Å². The second-order valence-corrected chi connectivity index (χ2v) is 7.93. The molecule has 0 heterocycles. The summed E-state index contributed by atoms with van der Waals surface area (Å²) >= 11 is 12.0. The molecule has 3 rings (SSSR count). The molecule has 2 atom stereocenters. The maximum absolute atomic E-state index is 12.5. The van der Waals surface area contributed by atoms with Crippen LogP contribution in [-0.2, 0) is 4.79 Å². The number of amides is 2. The van der Waals surface area contributed by atoms with E-state index >= 15 is 0 Å². The van der Waals surface area contributed by atoms with Crippen LogP contribution in [0.2, 0.25) is 10.0 Å². The summed E-state index contributed by atoms with van der Waals surface area (Å²) in [7, 11) is 0. The Bertz CT molecular complexity index is 1060. The highest BCUT2D eigenvalue weighted by molar-refractivity contribution is 6.43. The van der Waals surface area contributed by atoms with E-state index in [-0.39, 0.29) is 27.6 Å². The van der Waals surface area contributed by atoms with E-state index in [0.29, 0.717) is 5.69 Å². The van der Waals surface area contributed by atoms with Crippen molar-refractivity contribution in [3.63, 3.8) is 0 Å². The Balaban J connectivity index is 1.56. The largest absolute Gasteiger partial charge is 0.379 e. The van der Waals surface area contributed by atoms with Gasteiger partial charge in [-0.1, -0.05) is 59.6 Å². The number of carbonyl (C=O) groups excluding carboxylic acids is 2. The molecule has 3 aromatic carbocycles. The van der Waals surface area contributed by atoms with Crippen molar-refractivity contribution in [2.75, 3.05) is 10.6 Å². The van der Waals surface area contributed by atoms with Crippen LogP contribution < -0.4 is 16.0 Å². The van der Waals surface area contributed by atoms with Gasteiger partial charge < -0.3 is 16.0 Å². The average molecular weight is 456 g/mol. The normalized spacial score (nSPS) is 12.5. The molecule has 0 aliphatic carbocycles. The van der Waals surface area contributed by atoms with Crippen molar-refractivity contribution in [2.24, 2.45) is 0 Å². The molecule has 0 fully saturated rings. The summed E-state index contributed by atoms with van der Waals surface area (Å²) in [6.45, 7) is 3.69. The van der Waals surface area contributed by atoms with Gasteiger partial charge in [-0.25, -0.2) is 0 Å². The van der Waals surface area contributed by atoms with Crippen LogP contribution in [0, 0.1) is 0 Å². The first-order chi connectivity index (χ1) is 14.8. The molecule has 2 unspecified atom stereocenters. The second-order valence-electron chi connectivity index (χ2n) is 7.14. The number of carbonyl (C=O) groups is 2. The lowest BCUT2D eigenvalue weighted by Gasteiger charge is -2.17. The molecule has 0 spiro atoms. The molecule has 0 aliphatic heterocycles. The number of halogens is 2. The van der Waals surface area contributed by atoms with Crippen LogP contribution in [0.3, 0.4) is 0 Å². The fourth-order valence-corrected chi connectivity index (χ4v) is 3.38. The van der Waals surface area contributed by atoms with Gasteiger partial charge in [0.05, 0.1) is 15.6 Å². The predicted octanol–water partition coefficient (Wildman–Crippen LogP) is 5.92. The molecule has 0 saturated heterocycles. The lowest BCUT2D eigenvalue weighted by Crippen LogP contribution is -2.41. The first-order valence-corrected chi connectivity index (χ1v) is 10.6. The third kappa shape index (κ3) is 6.00. The highest BCUT2D eigenvalue weighted by Crippen LogP contribution is 2.25. The van der Waals surface area contributed by atoms with Gasteiger partial charge in [0, 0.05) is 17.4 Å². The van der Waals surface area contributed by atoms with Gasteiger partial charge in [0.2, 0.25) is 5.91 Å². The minimum absolute atomic E-state index is 0.148. The molecule has 2 amide bonds. The Labute approximate surface area is 191 Å². The van der Waals surface area contributed by atoms with Crippen LogP contribution in [0.4, 0.5) is 11.4 Å². The van der Waals surface area contributed by atoms with Crippen molar-refractivity contribution in [3.8, 4) is 0 Å². The molecular weight excluding hydrogens is 433 g/mol. The Hall–Kier alpha value is -3.02. The molecule has 3 aromatic rings. The number of benzene rings is 3. The molecule has 7 heteroatoms. The summed E-state index contributed by atoms with van der Waals surface area (Å²) in [5, 5.41) is 9.29. The fourth-order valence-electron chi connectivity index (χ4n) is 2.99. The van der Waals surface area contributed by atoms with E-state index in [4.69, 9.17) is 23.2 Å². The van der Waals surface area contributed by atoms with Crippen LogP contribution in [0.25, 0.3) is 0 Å². The molecule has 0 radical (unpaired) electrons. The standard InChI is InChI=1S/C24H23Cl2N3O2/c1-15(17-7-4-3-5-8-17)27-18-11-13-19(14-12-18)29-23(30)16(2)28-24(31)20-9-6-10-21(25)22(20)26/h3-16,27H,1-2H3,(H,28,31)(H,29,30). The lowest BCUT2D eigenvalue weighted by atomic mass is 10.1. The monoisotopic (exact) mass is 455 g/mol. The molecular formula is C24H23Cl2N3O2. The van der Waals surface area contributed by atoms with E-state index in [1.54, 1.807) is 37.3 Å². The molecule has 31 heavy (non-hydrogen) atoms. The van der Waals surface area contributed by atoms with Crippen LogP contribution in [-0.4, -0.2) is 17.9 Å². The third-order valence-electron chi connectivity index (χ3n) is 4.77. The number of hydrogen-bond donors (Lipinski definition) is 3. The second kappa shape index (κ2) is 10.3. The highest BCUT2D eigenvalue weighted by Gasteiger charge is 2.19. The Kier molecular flexibility index (Phi) is 7.55. The molecule has 0 saturated carbocycles. The predicted molar refractivity (Wildman–Crippen MR) is 127 cm³/mol. The van der Waals surface area contributed by atoms with Gasteiger partial charge in [0.15, 0.2) is 0 Å². The van der Waals surface area contributed by atoms with Crippen molar-refractivity contribution >= 4 is 46.4 Å². The topological polar surface area (TPSA) is 70.2 Å². The summed E-state index contributed by atoms with van der Waals surface area (Å²) in [6.07, 6.45) is 0.